The Morgan fingerprint density at radius 2 is 1.88 bits per heavy atom. The number of aliphatic hydroxyl groups is 1. The number of aliphatic imine (C=N–C) groups is 1. The number of pyridine rings is 1. The van der Waals surface area contributed by atoms with Crippen LogP contribution < -0.4 is 15.5 Å². The lowest BCUT2D eigenvalue weighted by molar-refractivity contribution is -0.114. The maximum atomic E-state index is 14.6. The van der Waals surface area contributed by atoms with E-state index in [2.05, 4.69) is 25.6 Å². The minimum absolute atomic E-state index is 0.154. The van der Waals surface area contributed by atoms with Gasteiger partial charge in [-0.1, -0.05) is 22.9 Å². The molecule has 0 fully saturated rings. The summed E-state index contributed by atoms with van der Waals surface area (Å²) < 4.78 is 42.8. The van der Waals surface area contributed by atoms with Crippen LogP contribution in [0.3, 0.4) is 0 Å². The van der Waals surface area contributed by atoms with E-state index < -0.39 is 36.4 Å². The Morgan fingerprint density at radius 3 is 2.60 bits per heavy atom. The molecule has 5 rings (SSSR count). The number of aromatic nitrogens is 2. The lowest BCUT2D eigenvalue weighted by Gasteiger charge is -2.37. The van der Waals surface area contributed by atoms with Gasteiger partial charge in [0.15, 0.2) is 16.8 Å². The predicted octanol–water partition coefficient (Wildman–Crippen LogP) is 5.22. The van der Waals surface area contributed by atoms with Crippen molar-refractivity contribution < 1.29 is 27.9 Å². The van der Waals surface area contributed by atoms with Crippen molar-refractivity contribution in [3.63, 3.8) is 0 Å². The number of thiazole rings is 1. The highest BCUT2D eigenvalue weighted by Gasteiger charge is 2.37. The van der Waals surface area contributed by atoms with E-state index in [1.165, 1.54) is 30.5 Å². The summed E-state index contributed by atoms with van der Waals surface area (Å²) in [6.45, 7) is 2.50. The molecule has 206 valence electrons. The molecule has 2 aromatic heterocycles. The molecule has 15 heteroatoms. The number of nitrogens with one attached hydrogen (secondary N) is 2. The second kappa shape index (κ2) is 10.7. The van der Waals surface area contributed by atoms with E-state index in [1.54, 1.807) is 25.3 Å². The predicted molar refractivity (Wildman–Crippen MR) is 145 cm³/mol. The van der Waals surface area contributed by atoms with Gasteiger partial charge in [-0.15, -0.1) is 0 Å². The van der Waals surface area contributed by atoms with Gasteiger partial charge in [-0.25, -0.2) is 27.8 Å². The topological polar surface area (TPSA) is 123 Å². The lowest BCUT2D eigenvalue weighted by Crippen LogP contribution is -2.56. The van der Waals surface area contributed by atoms with Crippen molar-refractivity contribution >= 4 is 67.6 Å². The smallest absolute Gasteiger partial charge is 0.335 e. The molecule has 4 aromatic rings. The second-order valence-electron chi connectivity index (χ2n) is 8.74. The molecule has 1 unspecified atom stereocenters. The number of guanidine groups is 1. The zero-order chi connectivity index (χ0) is 28.7. The number of amides is 3. The fraction of sp³-hybridized carbons (Fsp3) is 0.160. The average molecular weight is 590 g/mol. The first-order chi connectivity index (χ1) is 19.0. The van der Waals surface area contributed by atoms with Crippen molar-refractivity contribution in [2.24, 2.45) is 4.99 Å². The summed E-state index contributed by atoms with van der Waals surface area (Å²) in [5, 5.41) is 16.8. The van der Waals surface area contributed by atoms with Gasteiger partial charge in [0, 0.05) is 24.8 Å². The largest absolute Gasteiger partial charge is 0.355 e. The fourth-order valence-corrected chi connectivity index (χ4v) is 5.08. The number of anilines is 3. The van der Waals surface area contributed by atoms with E-state index in [0.29, 0.717) is 33.0 Å². The van der Waals surface area contributed by atoms with E-state index in [-0.39, 0.29) is 33.8 Å². The number of carbonyl (C=O) groups is 2. The molecule has 0 radical (unpaired) electrons. The van der Waals surface area contributed by atoms with Crippen LogP contribution in [0, 0.1) is 24.4 Å². The Morgan fingerprint density at radius 1 is 1.12 bits per heavy atom. The first-order valence-electron chi connectivity index (χ1n) is 11.6. The van der Waals surface area contributed by atoms with Gasteiger partial charge < -0.3 is 15.7 Å². The summed E-state index contributed by atoms with van der Waals surface area (Å²) in [5.74, 6) is -4.33. The van der Waals surface area contributed by atoms with Crippen molar-refractivity contribution in [2.45, 2.75) is 26.7 Å². The number of hydrogen-bond acceptors (Lipinski definition) is 8. The van der Waals surface area contributed by atoms with Crippen LogP contribution >= 0.6 is 22.9 Å². The minimum Gasteiger partial charge on any atom is -0.355 e. The van der Waals surface area contributed by atoms with Crippen LogP contribution in [0.25, 0.3) is 10.2 Å². The molecule has 2 aromatic carbocycles. The van der Waals surface area contributed by atoms with Crippen LogP contribution in [0.15, 0.2) is 47.7 Å². The zero-order valence-electron chi connectivity index (χ0n) is 20.7. The molecule has 0 saturated carbocycles. The van der Waals surface area contributed by atoms with Gasteiger partial charge in [0.25, 0.3) is 0 Å². The Kier molecular flexibility index (Phi) is 7.31. The molecular weight excluding hydrogens is 571 g/mol. The van der Waals surface area contributed by atoms with Crippen molar-refractivity contribution in [1.29, 1.82) is 0 Å². The minimum atomic E-state index is -1.72. The van der Waals surface area contributed by atoms with Crippen LogP contribution in [0.2, 0.25) is 5.02 Å². The summed E-state index contributed by atoms with van der Waals surface area (Å²) >= 11 is 7.61. The third kappa shape index (κ3) is 5.41. The number of halogens is 4. The van der Waals surface area contributed by atoms with Crippen molar-refractivity contribution in [2.75, 3.05) is 15.5 Å². The van der Waals surface area contributed by atoms with Gasteiger partial charge in [-0.3, -0.25) is 14.7 Å². The first-order valence-corrected chi connectivity index (χ1v) is 12.8. The van der Waals surface area contributed by atoms with Crippen molar-refractivity contribution in [1.82, 2.24) is 14.9 Å². The Balaban J connectivity index is 1.56. The third-order valence-electron chi connectivity index (χ3n) is 5.72. The molecule has 1 aliphatic rings. The van der Waals surface area contributed by atoms with E-state index in [1.807, 2.05) is 0 Å². The maximum absolute atomic E-state index is 14.6. The summed E-state index contributed by atoms with van der Waals surface area (Å²) in [7, 11) is 0. The monoisotopic (exact) mass is 589 g/mol. The number of hydrogen-bond donors (Lipinski definition) is 3. The van der Waals surface area contributed by atoms with Gasteiger partial charge in [0.1, 0.15) is 5.82 Å². The molecule has 10 nitrogen and oxygen atoms in total. The molecule has 1 aliphatic heterocycles. The number of fused-ring (bicyclic) bond motifs is 1. The number of benzene rings is 2. The summed E-state index contributed by atoms with van der Waals surface area (Å²) in [5.41, 5.74) is 1.28. The van der Waals surface area contributed by atoms with E-state index in [4.69, 9.17) is 11.6 Å². The first kappa shape index (κ1) is 27.3. The highest BCUT2D eigenvalue weighted by atomic mass is 35.5. The molecule has 3 N–H and O–H groups in total. The molecule has 1 atom stereocenters. The van der Waals surface area contributed by atoms with Gasteiger partial charge in [0.05, 0.1) is 39.4 Å². The Bertz CT molecular complexity index is 1700. The number of aliphatic hydroxyl groups excluding tert-OH is 1. The number of rotatable bonds is 5. The number of urea groups is 1. The van der Waals surface area contributed by atoms with Gasteiger partial charge in [-0.2, -0.15) is 4.99 Å². The standard InChI is InChI=1S/C25H19ClF3N7O3S/c1-11-3-14(9-30-8-11)36-24(38)34-22(35(25(36)39)10-13-4-17(28)18(29)6-16(13)27)32-19-7-21-20(5-15(19)26)33-23(40-21)31-12(2)37/h3-9,24,38H,10H2,1-2H3,(H,32,34)(H,31,33,37). The van der Waals surface area contributed by atoms with E-state index in [0.717, 1.165) is 9.80 Å². The van der Waals surface area contributed by atoms with Crippen LogP contribution in [0.1, 0.15) is 18.1 Å². The third-order valence-corrected chi connectivity index (χ3v) is 6.97. The van der Waals surface area contributed by atoms with Gasteiger partial charge in [0.2, 0.25) is 18.2 Å². The number of carbonyl (C=O) groups excluding carboxylic acids is 2. The zero-order valence-corrected chi connectivity index (χ0v) is 22.3. The van der Waals surface area contributed by atoms with Gasteiger partial charge >= 0.3 is 6.03 Å². The normalized spacial score (nSPS) is 15.4. The SMILES string of the molecule is CC(=O)Nc1nc2cc(Cl)c(NC3=NC(O)N(c4cncc(C)c4)C(=O)N3Cc3cc(F)c(F)cc3F)cc2s1. The van der Waals surface area contributed by atoms with E-state index in [9.17, 15) is 27.9 Å². The number of nitrogens with zero attached hydrogens (tertiary/aromatic N) is 5. The highest BCUT2D eigenvalue weighted by Crippen LogP contribution is 2.34. The molecule has 3 heterocycles. The molecule has 0 spiro atoms. The second-order valence-corrected chi connectivity index (χ2v) is 10.2. The summed E-state index contributed by atoms with van der Waals surface area (Å²) in [6, 6.07) is 4.85. The molecule has 40 heavy (non-hydrogen) atoms. The van der Waals surface area contributed by atoms with Crippen LogP contribution in [0.5, 0.6) is 0 Å². The highest BCUT2D eigenvalue weighted by molar-refractivity contribution is 7.22. The van der Waals surface area contributed by atoms with Crippen LogP contribution in [-0.4, -0.2) is 44.2 Å². The number of aryl methyl sites for hydroxylation is 1. The van der Waals surface area contributed by atoms with Crippen molar-refractivity contribution in [3.05, 3.63) is 76.3 Å². The van der Waals surface area contributed by atoms with E-state index >= 15 is 0 Å². The van der Waals surface area contributed by atoms with Crippen molar-refractivity contribution in [3.8, 4) is 0 Å². The summed E-state index contributed by atoms with van der Waals surface area (Å²) in [4.78, 5) is 39.5. The molecule has 3 amide bonds. The molecule has 0 aliphatic carbocycles. The average Bonchev–Trinajstić information content (AvgIpc) is 3.24. The quantitative estimate of drug-likeness (QED) is 0.275. The molecule has 0 saturated heterocycles. The maximum Gasteiger partial charge on any atom is 0.335 e. The Labute approximate surface area is 233 Å². The molecule has 0 bridgehead atoms. The molecular formula is C25H19ClF3N7O3S. The van der Waals surface area contributed by atoms with Crippen LogP contribution in [-0.2, 0) is 11.3 Å². The summed E-state index contributed by atoms with van der Waals surface area (Å²) in [6.07, 6.45) is 1.16. The fourth-order valence-electron chi connectivity index (χ4n) is 3.94. The Hall–Kier alpha value is -4.27. The van der Waals surface area contributed by atoms with Gasteiger partial charge in [-0.05, 0) is 36.8 Å². The van der Waals surface area contributed by atoms with Crippen LogP contribution in [0.4, 0.5) is 34.5 Å². The lowest BCUT2D eigenvalue weighted by atomic mass is 10.2.